The van der Waals surface area contributed by atoms with E-state index < -0.39 is 23.4 Å². The van der Waals surface area contributed by atoms with Crippen molar-refractivity contribution in [2.45, 2.75) is 70.0 Å². The lowest BCUT2D eigenvalue weighted by molar-refractivity contribution is -0.255. The third-order valence-corrected chi connectivity index (χ3v) is 7.85. The van der Waals surface area contributed by atoms with Crippen LogP contribution in [0.1, 0.15) is 73.6 Å². The molecule has 0 radical (unpaired) electrons. The highest BCUT2D eigenvalue weighted by Crippen LogP contribution is 2.69. The van der Waals surface area contributed by atoms with E-state index in [0.29, 0.717) is 16.8 Å². The van der Waals surface area contributed by atoms with Crippen molar-refractivity contribution >= 4 is 23.5 Å². The van der Waals surface area contributed by atoms with E-state index in [1.165, 1.54) is 10.7 Å². The first-order valence-electron chi connectivity index (χ1n) is 12.5. The molecule has 2 aromatic heterocycles. The Morgan fingerprint density at radius 3 is 2.37 bits per heavy atom. The number of alkyl halides is 3. The molecule has 2 aliphatic rings. The fraction of sp³-hybridized carbons (Fsp3) is 0.462. The van der Waals surface area contributed by atoms with Gasteiger partial charge >= 0.3 is 6.18 Å². The lowest BCUT2D eigenvalue weighted by atomic mass is 9.44. The van der Waals surface area contributed by atoms with Crippen molar-refractivity contribution in [3.63, 3.8) is 0 Å². The van der Waals surface area contributed by atoms with Gasteiger partial charge in [0.1, 0.15) is 28.2 Å². The Hall–Kier alpha value is -3.83. The van der Waals surface area contributed by atoms with Gasteiger partial charge in [-0.05, 0) is 50.5 Å². The molecule has 9 nitrogen and oxygen atoms in total. The quantitative estimate of drug-likeness (QED) is 0.403. The summed E-state index contributed by atoms with van der Waals surface area (Å²) < 4.78 is 48.5. The van der Waals surface area contributed by atoms with Crippen LogP contribution in [-0.2, 0) is 16.6 Å². The van der Waals surface area contributed by atoms with E-state index in [1.807, 2.05) is 13.8 Å². The summed E-state index contributed by atoms with van der Waals surface area (Å²) in [5.41, 5.74) is 10.8. The van der Waals surface area contributed by atoms with Crippen molar-refractivity contribution in [3.05, 3.63) is 47.2 Å². The van der Waals surface area contributed by atoms with Gasteiger partial charge in [0.25, 0.3) is 5.91 Å². The number of nitrogens with one attached hydrogen (secondary N) is 1. The SMILES string of the molecule is CC(C)n1nc(-c2ccc(CC(=O)Nc3cc(C4(C(F)(F)F)CC5(CCC5)C4)no3)cc2)c(C(N)=O)c1N. The number of aromatic nitrogens is 3. The molecule has 2 heterocycles. The van der Waals surface area contributed by atoms with Crippen LogP contribution in [0, 0.1) is 5.41 Å². The fourth-order valence-electron chi connectivity index (χ4n) is 5.78. The van der Waals surface area contributed by atoms with Crippen molar-refractivity contribution < 1.29 is 27.3 Å². The molecule has 38 heavy (non-hydrogen) atoms. The van der Waals surface area contributed by atoms with E-state index in [-0.39, 0.29) is 53.7 Å². The zero-order valence-corrected chi connectivity index (χ0v) is 21.1. The number of nitrogen functional groups attached to an aromatic ring is 1. The molecule has 202 valence electrons. The van der Waals surface area contributed by atoms with Crippen LogP contribution in [0.4, 0.5) is 24.9 Å². The first-order valence-corrected chi connectivity index (χ1v) is 12.5. The smallest absolute Gasteiger partial charge is 0.383 e. The normalized spacial score (nSPS) is 17.7. The molecule has 2 fully saturated rings. The maximum Gasteiger partial charge on any atom is 0.400 e. The topological polar surface area (TPSA) is 142 Å². The number of benzene rings is 1. The Bertz CT molecular complexity index is 1380. The van der Waals surface area contributed by atoms with Crippen molar-refractivity contribution in [1.82, 2.24) is 14.9 Å². The maximum absolute atomic E-state index is 14.0. The molecule has 5 N–H and O–H groups in total. The molecule has 0 bridgehead atoms. The Morgan fingerprint density at radius 2 is 1.84 bits per heavy atom. The fourth-order valence-corrected chi connectivity index (χ4v) is 5.78. The van der Waals surface area contributed by atoms with E-state index in [9.17, 15) is 22.8 Å². The second kappa shape index (κ2) is 8.88. The minimum Gasteiger partial charge on any atom is -0.383 e. The average molecular weight is 531 g/mol. The van der Waals surface area contributed by atoms with Crippen molar-refractivity contribution in [3.8, 4) is 11.3 Å². The number of hydrogen-bond acceptors (Lipinski definition) is 6. The Kier molecular flexibility index (Phi) is 6.03. The third kappa shape index (κ3) is 4.21. The highest BCUT2D eigenvalue weighted by atomic mass is 19.4. The van der Waals surface area contributed by atoms with Gasteiger partial charge in [-0.25, -0.2) is 4.68 Å². The van der Waals surface area contributed by atoms with Crippen molar-refractivity contribution in [2.75, 3.05) is 11.1 Å². The molecule has 5 rings (SSSR count). The number of rotatable bonds is 7. The zero-order valence-electron chi connectivity index (χ0n) is 21.1. The summed E-state index contributed by atoms with van der Waals surface area (Å²) >= 11 is 0. The van der Waals surface area contributed by atoms with Crippen LogP contribution in [0.2, 0.25) is 0 Å². The summed E-state index contributed by atoms with van der Waals surface area (Å²) in [5.74, 6) is -1.12. The maximum atomic E-state index is 14.0. The number of nitrogens with zero attached hydrogens (tertiary/aromatic N) is 3. The van der Waals surface area contributed by atoms with Crippen LogP contribution in [0.25, 0.3) is 11.3 Å². The number of amides is 2. The minimum absolute atomic E-state index is 0.00823. The Labute approximate surface area is 216 Å². The molecular formula is C26H29F3N6O3. The number of primary amides is 1. The third-order valence-electron chi connectivity index (χ3n) is 7.85. The molecule has 0 aliphatic heterocycles. The van der Waals surface area contributed by atoms with E-state index in [2.05, 4.69) is 15.6 Å². The van der Waals surface area contributed by atoms with E-state index in [1.54, 1.807) is 24.3 Å². The van der Waals surface area contributed by atoms with E-state index in [4.69, 9.17) is 16.0 Å². The van der Waals surface area contributed by atoms with Gasteiger partial charge in [0.2, 0.25) is 11.8 Å². The molecule has 0 unspecified atom stereocenters. The van der Waals surface area contributed by atoms with Gasteiger partial charge in [0.05, 0.1) is 6.42 Å². The second-order valence-electron chi connectivity index (χ2n) is 10.8. The lowest BCUT2D eigenvalue weighted by Crippen LogP contribution is -2.60. The molecule has 1 spiro atoms. The van der Waals surface area contributed by atoms with E-state index in [0.717, 1.165) is 19.3 Å². The van der Waals surface area contributed by atoms with Gasteiger partial charge in [0.15, 0.2) is 0 Å². The van der Waals surface area contributed by atoms with Gasteiger partial charge in [-0.1, -0.05) is 35.8 Å². The molecule has 0 atom stereocenters. The van der Waals surface area contributed by atoms with Crippen LogP contribution in [0.5, 0.6) is 0 Å². The molecule has 3 aromatic rings. The molecular weight excluding hydrogens is 501 g/mol. The molecule has 2 aliphatic carbocycles. The first-order chi connectivity index (χ1) is 17.8. The minimum atomic E-state index is -4.45. The molecule has 2 amide bonds. The summed E-state index contributed by atoms with van der Waals surface area (Å²) in [6.07, 6.45) is -1.92. The molecule has 2 saturated carbocycles. The van der Waals surface area contributed by atoms with Crippen molar-refractivity contribution in [1.29, 1.82) is 0 Å². The Balaban J connectivity index is 1.27. The van der Waals surface area contributed by atoms with Crippen LogP contribution >= 0.6 is 0 Å². The summed E-state index contributed by atoms with van der Waals surface area (Å²) in [7, 11) is 0. The summed E-state index contributed by atoms with van der Waals surface area (Å²) in [6, 6.07) is 7.83. The standard InChI is InChI=1S/C26H29F3N6O3/c1-14(2)35-22(30)20(23(31)37)21(33-35)16-6-4-15(5-7-16)10-18(36)32-19-11-17(34-38-19)25(26(27,28)29)12-24(13-25)8-3-9-24/h4-7,11,14H,3,8-10,12-13,30H2,1-2H3,(H2,31,37)(H,32,36). The van der Waals surface area contributed by atoms with E-state index >= 15 is 0 Å². The van der Waals surface area contributed by atoms with Crippen LogP contribution in [0.15, 0.2) is 34.9 Å². The average Bonchev–Trinajstić information content (AvgIpc) is 3.36. The van der Waals surface area contributed by atoms with Crippen LogP contribution in [-0.4, -0.2) is 32.9 Å². The van der Waals surface area contributed by atoms with Gasteiger partial charge in [-0.3, -0.25) is 14.9 Å². The summed E-state index contributed by atoms with van der Waals surface area (Å²) in [5, 5.41) is 10.6. The number of carbonyl (C=O) groups excluding carboxylic acids is 2. The predicted molar refractivity (Wildman–Crippen MR) is 133 cm³/mol. The monoisotopic (exact) mass is 530 g/mol. The summed E-state index contributed by atoms with van der Waals surface area (Å²) in [6.45, 7) is 3.74. The highest BCUT2D eigenvalue weighted by Gasteiger charge is 2.70. The van der Waals surface area contributed by atoms with Gasteiger partial charge in [-0.15, -0.1) is 0 Å². The number of nitrogens with two attached hydrogens (primary N) is 2. The predicted octanol–water partition coefficient (Wildman–Crippen LogP) is 4.75. The number of carbonyl (C=O) groups is 2. The second-order valence-corrected chi connectivity index (χ2v) is 10.8. The number of hydrogen-bond donors (Lipinski definition) is 3. The largest absolute Gasteiger partial charge is 0.400 e. The molecule has 1 aromatic carbocycles. The van der Waals surface area contributed by atoms with Gasteiger partial charge < -0.3 is 16.0 Å². The van der Waals surface area contributed by atoms with Gasteiger partial charge in [-0.2, -0.15) is 18.3 Å². The summed E-state index contributed by atoms with van der Waals surface area (Å²) in [4.78, 5) is 24.6. The van der Waals surface area contributed by atoms with Crippen LogP contribution in [0.3, 0.4) is 0 Å². The molecule has 0 saturated heterocycles. The highest BCUT2D eigenvalue weighted by molar-refractivity contribution is 6.03. The zero-order chi connectivity index (χ0) is 27.5. The number of halogens is 3. The number of anilines is 2. The molecule has 12 heteroatoms. The van der Waals surface area contributed by atoms with Gasteiger partial charge in [0, 0.05) is 17.7 Å². The first kappa shape index (κ1) is 25.8. The van der Waals surface area contributed by atoms with Crippen molar-refractivity contribution in [2.24, 2.45) is 11.1 Å². The Morgan fingerprint density at radius 1 is 1.18 bits per heavy atom. The van der Waals surface area contributed by atoms with Crippen LogP contribution < -0.4 is 16.8 Å². The lowest BCUT2D eigenvalue weighted by Gasteiger charge is -2.60.